The van der Waals surface area contributed by atoms with Crippen LogP contribution in [0.4, 0.5) is 0 Å². The van der Waals surface area contributed by atoms with E-state index in [1.807, 2.05) is 36.4 Å². The van der Waals surface area contributed by atoms with Gasteiger partial charge in [0, 0.05) is 35.4 Å². The largest absolute Gasteiger partial charge is 0.351 e. The van der Waals surface area contributed by atoms with Gasteiger partial charge in [0.05, 0.1) is 0 Å². The van der Waals surface area contributed by atoms with Crippen LogP contribution >= 0.6 is 21.6 Å². The van der Waals surface area contributed by atoms with Crippen molar-refractivity contribution in [3.63, 3.8) is 0 Å². The number of hydrogen-bond donors (Lipinski definition) is 4. The summed E-state index contributed by atoms with van der Waals surface area (Å²) in [5, 5.41) is 11.2. The molecular weight excluding hydrogens is 496 g/mol. The molecule has 0 heterocycles. The van der Waals surface area contributed by atoms with Gasteiger partial charge in [0.1, 0.15) is 12.1 Å². The molecular formula is C26H30N4O4S2. The lowest BCUT2D eigenvalue weighted by atomic mass is 10.1. The highest BCUT2D eigenvalue weighted by molar-refractivity contribution is 8.76. The number of amides is 4. The maximum atomic E-state index is 12.7. The van der Waals surface area contributed by atoms with Gasteiger partial charge in [0.2, 0.25) is 24.6 Å². The summed E-state index contributed by atoms with van der Waals surface area (Å²) in [7, 11) is 2.75. The van der Waals surface area contributed by atoms with Crippen LogP contribution in [-0.4, -0.2) is 60.3 Å². The average Bonchev–Trinajstić information content (AvgIpc) is 3.83. The molecule has 0 aliphatic heterocycles. The van der Waals surface area contributed by atoms with Crippen LogP contribution in [0.15, 0.2) is 60.7 Å². The van der Waals surface area contributed by atoms with E-state index in [9.17, 15) is 19.2 Å². The minimum Gasteiger partial charge on any atom is -0.351 e. The van der Waals surface area contributed by atoms with Gasteiger partial charge in [0.25, 0.3) is 0 Å². The zero-order chi connectivity index (χ0) is 25.3. The van der Waals surface area contributed by atoms with Crippen LogP contribution in [0.1, 0.15) is 35.8 Å². The molecule has 2 saturated carbocycles. The van der Waals surface area contributed by atoms with Gasteiger partial charge in [-0.2, -0.15) is 0 Å². The molecule has 4 N–H and O–H groups in total. The van der Waals surface area contributed by atoms with E-state index in [2.05, 4.69) is 45.5 Å². The highest BCUT2D eigenvalue weighted by Crippen LogP contribution is 2.41. The Balaban J connectivity index is 1.18. The summed E-state index contributed by atoms with van der Waals surface area (Å²) >= 11 is 0. The molecule has 0 radical (unpaired) electrons. The number of rotatable bonds is 15. The smallest absolute Gasteiger partial charge is 0.243 e. The number of carbonyl (C=O) groups is 4. The van der Waals surface area contributed by atoms with Gasteiger partial charge in [0.15, 0.2) is 0 Å². The Bertz CT molecular complexity index is 959. The molecule has 8 nitrogen and oxygen atoms in total. The van der Waals surface area contributed by atoms with E-state index in [-0.39, 0.29) is 23.9 Å². The third-order valence-corrected chi connectivity index (χ3v) is 8.84. The van der Waals surface area contributed by atoms with Gasteiger partial charge in [-0.25, -0.2) is 0 Å². The second-order valence-corrected chi connectivity index (χ2v) is 11.5. The number of hydrogen-bond acceptors (Lipinski definition) is 6. The van der Waals surface area contributed by atoms with Crippen molar-refractivity contribution in [2.45, 2.75) is 48.8 Å². The van der Waals surface area contributed by atoms with Crippen LogP contribution in [0.5, 0.6) is 0 Å². The normalized spacial score (nSPS) is 23.4. The molecule has 0 bridgehead atoms. The Hall–Kier alpha value is -2.98. The van der Waals surface area contributed by atoms with Crippen molar-refractivity contribution in [3.05, 3.63) is 71.8 Å². The van der Waals surface area contributed by atoms with Gasteiger partial charge in [-0.05, 0) is 24.0 Å². The summed E-state index contributed by atoms with van der Waals surface area (Å²) in [4.78, 5) is 47.5. The van der Waals surface area contributed by atoms with E-state index in [0.29, 0.717) is 36.2 Å². The Kier molecular flexibility index (Phi) is 9.29. The monoisotopic (exact) mass is 526 g/mol. The predicted molar refractivity (Wildman–Crippen MR) is 142 cm³/mol. The Morgan fingerprint density at radius 3 is 1.47 bits per heavy atom. The number of nitrogens with one attached hydrogen (secondary N) is 4. The molecule has 2 aromatic carbocycles. The zero-order valence-electron chi connectivity index (χ0n) is 19.7. The fourth-order valence-electron chi connectivity index (χ4n) is 4.21. The first kappa shape index (κ1) is 26.1. The lowest BCUT2D eigenvalue weighted by Gasteiger charge is -2.18. The van der Waals surface area contributed by atoms with Gasteiger partial charge < -0.3 is 21.3 Å². The van der Waals surface area contributed by atoms with Crippen molar-refractivity contribution >= 4 is 46.2 Å². The van der Waals surface area contributed by atoms with E-state index in [4.69, 9.17) is 0 Å². The predicted octanol–water partition coefficient (Wildman–Crippen LogP) is 1.94. The van der Waals surface area contributed by atoms with E-state index in [1.165, 1.54) is 32.7 Å². The first-order chi connectivity index (χ1) is 17.6. The third kappa shape index (κ3) is 7.27. The molecule has 2 aliphatic carbocycles. The molecule has 0 aromatic heterocycles. The Morgan fingerprint density at radius 1 is 0.722 bits per heavy atom. The molecule has 0 spiro atoms. The summed E-state index contributed by atoms with van der Waals surface area (Å²) in [6, 6.07) is 18.8. The lowest BCUT2D eigenvalue weighted by molar-refractivity contribution is -0.125. The first-order valence-electron chi connectivity index (χ1n) is 11.9. The standard InChI is InChI=1S/C26H30N4O4S2/c31-15-27-23(25(33)29-21-11-19(21)17-7-3-1-4-8-17)13-35-36-14-24(28-16-32)26(34)30-22-12-20(22)18-9-5-2-6-10-18/h1-10,15-16,19-24H,11-14H2,(H,27,31)(H,28,32)(H,29,33)(H,30,34). The van der Waals surface area contributed by atoms with Crippen molar-refractivity contribution in [2.75, 3.05) is 11.5 Å². The van der Waals surface area contributed by atoms with Gasteiger partial charge in [-0.3, -0.25) is 19.2 Å². The maximum absolute atomic E-state index is 12.7. The molecule has 6 atom stereocenters. The Labute approximate surface area is 218 Å². The first-order valence-corrected chi connectivity index (χ1v) is 14.4. The van der Waals surface area contributed by atoms with Crippen molar-refractivity contribution in [2.24, 2.45) is 0 Å². The molecule has 36 heavy (non-hydrogen) atoms. The molecule has 10 heteroatoms. The van der Waals surface area contributed by atoms with Crippen molar-refractivity contribution in [3.8, 4) is 0 Å². The second-order valence-electron chi connectivity index (χ2n) is 8.98. The highest BCUT2D eigenvalue weighted by Gasteiger charge is 2.41. The van der Waals surface area contributed by atoms with Crippen LogP contribution < -0.4 is 21.3 Å². The third-order valence-electron chi connectivity index (χ3n) is 6.42. The van der Waals surface area contributed by atoms with Crippen molar-refractivity contribution in [1.82, 2.24) is 21.3 Å². The summed E-state index contributed by atoms with van der Waals surface area (Å²) in [6.07, 6.45) is 2.82. The quantitative estimate of drug-likeness (QED) is 0.160. The summed E-state index contributed by atoms with van der Waals surface area (Å²) in [5.41, 5.74) is 2.39. The van der Waals surface area contributed by atoms with E-state index >= 15 is 0 Å². The SMILES string of the molecule is O=CNC(CSSCC(NC=O)C(=O)NC1CC1c1ccccc1)C(=O)NC1CC1c1ccccc1. The molecule has 4 rings (SSSR count). The highest BCUT2D eigenvalue weighted by atomic mass is 33.1. The molecule has 4 amide bonds. The van der Waals surface area contributed by atoms with E-state index in [0.717, 1.165) is 12.8 Å². The summed E-state index contributed by atoms with van der Waals surface area (Å²) < 4.78 is 0. The van der Waals surface area contributed by atoms with Crippen LogP contribution in [0.2, 0.25) is 0 Å². The average molecular weight is 527 g/mol. The second kappa shape index (κ2) is 12.8. The topological polar surface area (TPSA) is 116 Å². The summed E-state index contributed by atoms with van der Waals surface area (Å²) in [6.45, 7) is 0. The number of carbonyl (C=O) groups excluding carboxylic acids is 4. The summed E-state index contributed by atoms with van der Waals surface area (Å²) in [5.74, 6) is 0.837. The zero-order valence-corrected chi connectivity index (χ0v) is 21.3. The van der Waals surface area contributed by atoms with Crippen molar-refractivity contribution < 1.29 is 19.2 Å². The van der Waals surface area contributed by atoms with Crippen LogP contribution in [0.3, 0.4) is 0 Å². The Morgan fingerprint density at radius 2 is 1.11 bits per heavy atom. The minimum absolute atomic E-state index is 0.0699. The molecule has 6 unspecified atom stereocenters. The van der Waals surface area contributed by atoms with E-state index in [1.54, 1.807) is 0 Å². The van der Waals surface area contributed by atoms with Crippen LogP contribution in [0.25, 0.3) is 0 Å². The van der Waals surface area contributed by atoms with Gasteiger partial charge in [-0.15, -0.1) is 0 Å². The molecule has 2 aliphatic rings. The molecule has 0 saturated heterocycles. The maximum Gasteiger partial charge on any atom is 0.243 e. The van der Waals surface area contributed by atoms with Gasteiger partial charge in [-0.1, -0.05) is 82.3 Å². The molecule has 2 aromatic rings. The fraction of sp³-hybridized carbons (Fsp3) is 0.385. The van der Waals surface area contributed by atoms with Crippen LogP contribution in [-0.2, 0) is 19.2 Å². The molecule has 2 fully saturated rings. The minimum atomic E-state index is -0.679. The lowest BCUT2D eigenvalue weighted by Crippen LogP contribution is -2.47. The fourth-order valence-corrected chi connectivity index (χ4v) is 6.56. The van der Waals surface area contributed by atoms with E-state index < -0.39 is 12.1 Å². The molecule has 190 valence electrons. The van der Waals surface area contributed by atoms with Crippen molar-refractivity contribution in [1.29, 1.82) is 0 Å². The van der Waals surface area contributed by atoms with Gasteiger partial charge >= 0.3 is 0 Å². The number of benzene rings is 2. The van der Waals surface area contributed by atoms with Crippen LogP contribution in [0, 0.1) is 0 Å².